The molecule has 0 amide bonds. The van der Waals surface area contributed by atoms with Gasteiger partial charge in [-0.1, -0.05) is 27.5 Å². The van der Waals surface area contributed by atoms with Gasteiger partial charge in [-0.05, 0) is 49.2 Å². The predicted molar refractivity (Wildman–Crippen MR) is 81.8 cm³/mol. The summed E-state index contributed by atoms with van der Waals surface area (Å²) in [6.07, 6.45) is 0. The molecule has 0 aliphatic rings. The molecular weight excluding hydrogens is 346 g/mol. The molecule has 0 saturated carbocycles. The topological polar surface area (TPSA) is 52.4 Å². The quantitative estimate of drug-likeness (QED) is 0.545. The van der Waals surface area contributed by atoms with Crippen molar-refractivity contribution in [1.29, 1.82) is 0 Å². The fourth-order valence-electron chi connectivity index (χ4n) is 1.89. The van der Waals surface area contributed by atoms with Crippen LogP contribution in [0.5, 0.6) is 11.5 Å². The van der Waals surface area contributed by atoms with Gasteiger partial charge >= 0.3 is 5.69 Å². The van der Waals surface area contributed by atoms with Crippen molar-refractivity contribution >= 4 is 33.2 Å². The number of hydrogen-bond donors (Lipinski definition) is 0. The first kappa shape index (κ1) is 14.8. The molecule has 20 heavy (non-hydrogen) atoms. The number of nitro groups is 1. The smallest absolute Gasteiger partial charge is 0.312 e. The minimum Gasteiger partial charge on any atom is -0.450 e. The van der Waals surface area contributed by atoms with E-state index in [2.05, 4.69) is 15.9 Å². The summed E-state index contributed by atoms with van der Waals surface area (Å²) in [7, 11) is 0. The Labute approximate surface area is 129 Å². The van der Waals surface area contributed by atoms with Gasteiger partial charge in [-0.25, -0.2) is 0 Å². The van der Waals surface area contributed by atoms with Crippen molar-refractivity contribution in [3.63, 3.8) is 0 Å². The number of aryl methyl sites for hydroxylation is 2. The van der Waals surface area contributed by atoms with Gasteiger partial charge in [-0.2, -0.15) is 0 Å². The Hall–Kier alpha value is -1.59. The maximum Gasteiger partial charge on any atom is 0.312 e. The van der Waals surface area contributed by atoms with E-state index < -0.39 is 4.92 Å². The van der Waals surface area contributed by atoms with Gasteiger partial charge in [-0.3, -0.25) is 10.1 Å². The molecule has 4 nitrogen and oxygen atoms in total. The van der Waals surface area contributed by atoms with E-state index in [-0.39, 0.29) is 11.4 Å². The molecule has 2 aromatic carbocycles. The van der Waals surface area contributed by atoms with Crippen LogP contribution in [0.3, 0.4) is 0 Å². The fraction of sp³-hybridized carbons (Fsp3) is 0.143. The Morgan fingerprint density at radius 1 is 1.20 bits per heavy atom. The van der Waals surface area contributed by atoms with E-state index in [1.54, 1.807) is 24.3 Å². The molecule has 0 unspecified atom stereocenters. The van der Waals surface area contributed by atoms with E-state index in [0.29, 0.717) is 15.2 Å². The summed E-state index contributed by atoms with van der Waals surface area (Å²) in [6.45, 7) is 3.69. The van der Waals surface area contributed by atoms with Gasteiger partial charge in [0, 0.05) is 15.6 Å². The average molecular weight is 357 g/mol. The molecule has 0 saturated heterocycles. The van der Waals surface area contributed by atoms with Gasteiger partial charge in [0.1, 0.15) is 5.75 Å². The molecule has 0 bridgehead atoms. The second-order valence-electron chi connectivity index (χ2n) is 4.34. The number of nitrogens with zero attached hydrogens (tertiary/aromatic N) is 1. The lowest BCUT2D eigenvalue weighted by atomic mass is 10.1. The van der Waals surface area contributed by atoms with Crippen molar-refractivity contribution in [3.8, 4) is 11.5 Å². The number of rotatable bonds is 3. The summed E-state index contributed by atoms with van der Waals surface area (Å²) in [5.74, 6) is 0.784. The van der Waals surface area contributed by atoms with E-state index in [1.165, 1.54) is 6.07 Å². The number of ether oxygens (including phenoxy) is 1. The van der Waals surface area contributed by atoms with Crippen LogP contribution in [0, 0.1) is 24.0 Å². The third-order valence-corrected chi connectivity index (χ3v) is 3.47. The third kappa shape index (κ3) is 3.11. The summed E-state index contributed by atoms with van der Waals surface area (Å²) >= 11 is 9.17. The summed E-state index contributed by atoms with van der Waals surface area (Å²) < 4.78 is 6.35. The normalized spacial score (nSPS) is 10.4. The number of hydrogen-bond acceptors (Lipinski definition) is 3. The van der Waals surface area contributed by atoms with E-state index >= 15 is 0 Å². The molecule has 6 heteroatoms. The van der Waals surface area contributed by atoms with Crippen molar-refractivity contribution in [1.82, 2.24) is 0 Å². The van der Waals surface area contributed by atoms with Crippen LogP contribution >= 0.6 is 27.5 Å². The standard InChI is InChI=1S/C14H11BrClNO3/c1-8-5-11(16)6-9(2)14(8)20-13-4-3-10(15)7-12(13)17(18)19/h3-7H,1-2H3. The summed E-state index contributed by atoms with van der Waals surface area (Å²) in [5.41, 5.74) is 1.56. The highest BCUT2D eigenvalue weighted by atomic mass is 79.9. The van der Waals surface area contributed by atoms with Crippen molar-refractivity contribution in [2.45, 2.75) is 13.8 Å². The van der Waals surface area contributed by atoms with Crippen LogP contribution in [0.25, 0.3) is 0 Å². The minimum atomic E-state index is -0.472. The van der Waals surface area contributed by atoms with Gasteiger partial charge in [0.05, 0.1) is 4.92 Å². The zero-order valence-corrected chi connectivity index (χ0v) is 13.2. The molecule has 0 atom stereocenters. The molecule has 0 aliphatic carbocycles. The molecule has 0 heterocycles. The maximum atomic E-state index is 11.1. The first-order chi connectivity index (χ1) is 9.38. The molecule has 0 N–H and O–H groups in total. The van der Waals surface area contributed by atoms with Crippen LogP contribution in [0.1, 0.15) is 11.1 Å². The van der Waals surface area contributed by atoms with Crippen LogP contribution in [-0.2, 0) is 0 Å². The Morgan fingerprint density at radius 3 is 2.35 bits per heavy atom. The van der Waals surface area contributed by atoms with Crippen LogP contribution < -0.4 is 4.74 Å². The SMILES string of the molecule is Cc1cc(Cl)cc(C)c1Oc1ccc(Br)cc1[N+](=O)[O-]. The molecular formula is C14H11BrClNO3. The highest BCUT2D eigenvalue weighted by molar-refractivity contribution is 9.10. The van der Waals surface area contributed by atoms with Crippen molar-refractivity contribution < 1.29 is 9.66 Å². The second-order valence-corrected chi connectivity index (χ2v) is 5.69. The summed E-state index contributed by atoms with van der Waals surface area (Å²) in [4.78, 5) is 10.6. The second kappa shape index (κ2) is 5.81. The molecule has 104 valence electrons. The first-order valence-electron chi connectivity index (χ1n) is 5.77. The van der Waals surface area contributed by atoms with Crippen molar-refractivity contribution in [2.75, 3.05) is 0 Å². The third-order valence-electron chi connectivity index (χ3n) is 2.75. The molecule has 2 aromatic rings. The largest absolute Gasteiger partial charge is 0.450 e. The molecule has 0 aromatic heterocycles. The number of nitro benzene ring substituents is 1. The lowest BCUT2D eigenvalue weighted by molar-refractivity contribution is -0.385. The predicted octanol–water partition coefficient (Wildman–Crippen LogP) is 5.42. The monoisotopic (exact) mass is 355 g/mol. The van der Waals surface area contributed by atoms with E-state index in [0.717, 1.165) is 11.1 Å². The van der Waals surface area contributed by atoms with Gasteiger partial charge < -0.3 is 4.74 Å². The summed E-state index contributed by atoms with van der Waals surface area (Å²) in [6, 6.07) is 8.19. The number of benzene rings is 2. The molecule has 0 spiro atoms. The van der Waals surface area contributed by atoms with Crippen molar-refractivity contribution in [3.05, 3.63) is 61.1 Å². The summed E-state index contributed by atoms with van der Waals surface area (Å²) in [5, 5.41) is 11.7. The maximum absolute atomic E-state index is 11.1. The Balaban J connectivity index is 2.48. The fourth-order valence-corrected chi connectivity index (χ4v) is 2.56. The van der Waals surface area contributed by atoms with Crippen LogP contribution in [0.4, 0.5) is 5.69 Å². The highest BCUT2D eigenvalue weighted by Crippen LogP contribution is 2.37. The average Bonchev–Trinajstić information content (AvgIpc) is 2.34. The van der Waals surface area contributed by atoms with Gasteiger partial charge in [0.25, 0.3) is 0 Å². The highest BCUT2D eigenvalue weighted by Gasteiger charge is 2.18. The van der Waals surface area contributed by atoms with E-state index in [9.17, 15) is 10.1 Å². The lowest BCUT2D eigenvalue weighted by Crippen LogP contribution is -1.96. The first-order valence-corrected chi connectivity index (χ1v) is 6.94. The Bertz CT molecular complexity index is 665. The van der Waals surface area contributed by atoms with Crippen LogP contribution in [0.2, 0.25) is 5.02 Å². The van der Waals surface area contributed by atoms with Crippen molar-refractivity contribution in [2.24, 2.45) is 0 Å². The van der Waals surface area contributed by atoms with Gasteiger partial charge in [-0.15, -0.1) is 0 Å². The molecule has 2 rings (SSSR count). The minimum absolute atomic E-state index is 0.0897. The Kier molecular flexibility index (Phi) is 4.30. The Morgan fingerprint density at radius 2 is 1.80 bits per heavy atom. The van der Waals surface area contributed by atoms with Crippen LogP contribution in [-0.4, -0.2) is 4.92 Å². The lowest BCUT2D eigenvalue weighted by Gasteiger charge is -2.12. The number of halogens is 2. The van der Waals surface area contributed by atoms with Crippen LogP contribution in [0.15, 0.2) is 34.8 Å². The van der Waals surface area contributed by atoms with Gasteiger partial charge in [0.2, 0.25) is 5.75 Å². The van der Waals surface area contributed by atoms with E-state index in [4.69, 9.17) is 16.3 Å². The van der Waals surface area contributed by atoms with Gasteiger partial charge in [0.15, 0.2) is 0 Å². The molecule has 0 aliphatic heterocycles. The van der Waals surface area contributed by atoms with E-state index in [1.807, 2.05) is 13.8 Å². The molecule has 0 radical (unpaired) electrons. The zero-order valence-electron chi connectivity index (χ0n) is 10.8. The zero-order chi connectivity index (χ0) is 14.9. The molecule has 0 fully saturated rings.